The van der Waals surface area contributed by atoms with Crippen molar-refractivity contribution in [2.45, 2.75) is 13.5 Å². The highest BCUT2D eigenvalue weighted by atomic mass is 35.5. The minimum absolute atomic E-state index is 0.426. The zero-order valence-electron chi connectivity index (χ0n) is 16.1. The van der Waals surface area contributed by atoms with Gasteiger partial charge in [-0.05, 0) is 55.0 Å². The average molecular weight is 407 g/mol. The Morgan fingerprint density at radius 3 is 2.48 bits per heavy atom. The van der Waals surface area contributed by atoms with Crippen LogP contribution in [0.1, 0.15) is 11.1 Å². The van der Waals surface area contributed by atoms with Crippen LogP contribution in [0.25, 0.3) is 22.8 Å². The molecule has 3 aromatic carbocycles. The normalized spacial score (nSPS) is 10.7. The lowest BCUT2D eigenvalue weighted by molar-refractivity contribution is 0.284. The van der Waals surface area contributed by atoms with Crippen molar-refractivity contribution >= 4 is 11.6 Å². The van der Waals surface area contributed by atoms with Gasteiger partial charge in [-0.2, -0.15) is 4.98 Å². The zero-order valence-corrected chi connectivity index (χ0v) is 16.8. The highest BCUT2D eigenvalue weighted by molar-refractivity contribution is 6.30. The van der Waals surface area contributed by atoms with Crippen molar-refractivity contribution in [2.24, 2.45) is 0 Å². The third-order valence-electron chi connectivity index (χ3n) is 4.42. The molecule has 0 bridgehead atoms. The molecule has 0 aliphatic rings. The van der Waals surface area contributed by atoms with E-state index >= 15 is 0 Å². The Kier molecular flexibility index (Phi) is 5.49. The van der Waals surface area contributed by atoms with Crippen molar-refractivity contribution in [3.63, 3.8) is 0 Å². The number of hydrogen-bond acceptors (Lipinski definition) is 5. The lowest BCUT2D eigenvalue weighted by Crippen LogP contribution is -1.98. The summed E-state index contributed by atoms with van der Waals surface area (Å²) in [5.41, 5.74) is 3.87. The zero-order chi connectivity index (χ0) is 20.2. The molecule has 0 fully saturated rings. The van der Waals surface area contributed by atoms with Crippen molar-refractivity contribution in [1.82, 2.24) is 10.1 Å². The molecule has 0 aliphatic heterocycles. The highest BCUT2D eigenvalue weighted by Crippen LogP contribution is 2.33. The molecule has 146 valence electrons. The Hall–Kier alpha value is -3.31. The van der Waals surface area contributed by atoms with Gasteiger partial charge in [-0.15, -0.1) is 0 Å². The van der Waals surface area contributed by atoms with Gasteiger partial charge in [0.25, 0.3) is 5.89 Å². The van der Waals surface area contributed by atoms with Crippen LogP contribution < -0.4 is 9.47 Å². The molecule has 4 aromatic rings. The van der Waals surface area contributed by atoms with Crippen LogP contribution in [0, 0.1) is 6.92 Å². The van der Waals surface area contributed by atoms with E-state index in [1.165, 1.54) is 5.56 Å². The van der Waals surface area contributed by atoms with Crippen molar-refractivity contribution in [3.8, 4) is 34.3 Å². The molecule has 5 nitrogen and oxygen atoms in total. The van der Waals surface area contributed by atoms with Crippen LogP contribution in [-0.4, -0.2) is 17.3 Å². The molecule has 0 spiro atoms. The third-order valence-corrected chi connectivity index (χ3v) is 4.67. The Labute approximate surface area is 173 Å². The molecule has 0 amide bonds. The van der Waals surface area contributed by atoms with E-state index in [0.717, 1.165) is 16.7 Å². The van der Waals surface area contributed by atoms with Gasteiger partial charge in [0, 0.05) is 16.1 Å². The van der Waals surface area contributed by atoms with E-state index in [1.807, 2.05) is 42.5 Å². The van der Waals surface area contributed by atoms with Gasteiger partial charge in [0.15, 0.2) is 11.5 Å². The molecule has 4 rings (SSSR count). The minimum atomic E-state index is 0.426. The lowest BCUT2D eigenvalue weighted by Gasteiger charge is -2.11. The number of aromatic nitrogens is 2. The van der Waals surface area contributed by atoms with E-state index in [1.54, 1.807) is 19.2 Å². The number of methoxy groups -OCH3 is 1. The number of nitrogens with zero attached hydrogens (tertiary/aromatic N) is 2. The molecule has 0 atom stereocenters. The summed E-state index contributed by atoms with van der Waals surface area (Å²) in [7, 11) is 1.61. The first-order chi connectivity index (χ1) is 14.1. The second-order valence-electron chi connectivity index (χ2n) is 6.57. The van der Waals surface area contributed by atoms with E-state index in [-0.39, 0.29) is 0 Å². The number of ether oxygens (including phenoxy) is 2. The van der Waals surface area contributed by atoms with Crippen molar-refractivity contribution in [2.75, 3.05) is 7.11 Å². The molecule has 1 heterocycles. The number of benzene rings is 3. The Balaban J connectivity index is 1.54. The van der Waals surface area contributed by atoms with Crippen LogP contribution in [0.15, 0.2) is 71.3 Å². The Morgan fingerprint density at radius 1 is 0.931 bits per heavy atom. The van der Waals surface area contributed by atoms with Crippen LogP contribution >= 0.6 is 11.6 Å². The fourth-order valence-corrected chi connectivity index (χ4v) is 3.07. The second-order valence-corrected chi connectivity index (χ2v) is 7.01. The summed E-state index contributed by atoms with van der Waals surface area (Å²) < 4.78 is 16.8. The molecule has 0 unspecified atom stereocenters. The molecular formula is C23H19ClN2O3. The molecule has 0 N–H and O–H groups in total. The first-order valence-electron chi connectivity index (χ1n) is 9.09. The Morgan fingerprint density at radius 2 is 1.72 bits per heavy atom. The summed E-state index contributed by atoms with van der Waals surface area (Å²) in [6.07, 6.45) is 0. The van der Waals surface area contributed by atoms with Gasteiger partial charge in [0.05, 0.1) is 7.11 Å². The predicted molar refractivity (Wildman–Crippen MR) is 112 cm³/mol. The molecule has 29 heavy (non-hydrogen) atoms. The summed E-state index contributed by atoms with van der Waals surface area (Å²) in [5.74, 6) is 2.15. The first-order valence-corrected chi connectivity index (χ1v) is 9.46. The van der Waals surface area contributed by atoms with Crippen molar-refractivity contribution < 1.29 is 14.0 Å². The first kappa shape index (κ1) is 19.0. The fourth-order valence-electron chi connectivity index (χ4n) is 2.94. The van der Waals surface area contributed by atoms with Gasteiger partial charge in [0.2, 0.25) is 5.82 Å². The van der Waals surface area contributed by atoms with E-state index in [0.29, 0.717) is 34.8 Å². The topological polar surface area (TPSA) is 57.4 Å². The van der Waals surface area contributed by atoms with Crippen molar-refractivity contribution in [1.29, 1.82) is 0 Å². The fraction of sp³-hybridized carbons (Fsp3) is 0.130. The van der Waals surface area contributed by atoms with Gasteiger partial charge < -0.3 is 14.0 Å². The lowest BCUT2D eigenvalue weighted by atomic mass is 10.1. The van der Waals surface area contributed by atoms with Gasteiger partial charge in [-0.1, -0.05) is 46.6 Å². The molecule has 0 radical (unpaired) electrons. The molecule has 6 heteroatoms. The van der Waals surface area contributed by atoms with Gasteiger partial charge in [-0.3, -0.25) is 0 Å². The monoisotopic (exact) mass is 406 g/mol. The van der Waals surface area contributed by atoms with Gasteiger partial charge in [0.1, 0.15) is 6.61 Å². The van der Waals surface area contributed by atoms with E-state index in [9.17, 15) is 0 Å². The van der Waals surface area contributed by atoms with Crippen LogP contribution in [0.3, 0.4) is 0 Å². The summed E-state index contributed by atoms with van der Waals surface area (Å²) >= 11 is 5.93. The molecule has 0 saturated carbocycles. The van der Waals surface area contributed by atoms with Crippen LogP contribution in [0.4, 0.5) is 0 Å². The van der Waals surface area contributed by atoms with E-state index in [2.05, 4.69) is 29.2 Å². The highest BCUT2D eigenvalue weighted by Gasteiger charge is 2.14. The molecule has 0 saturated heterocycles. The maximum absolute atomic E-state index is 5.94. The summed E-state index contributed by atoms with van der Waals surface area (Å²) in [6, 6.07) is 21.0. The number of aryl methyl sites for hydroxylation is 1. The quantitative estimate of drug-likeness (QED) is 0.395. The summed E-state index contributed by atoms with van der Waals surface area (Å²) in [4.78, 5) is 4.47. The van der Waals surface area contributed by atoms with E-state index < -0.39 is 0 Å². The molecular weight excluding hydrogens is 388 g/mol. The number of halogens is 1. The van der Waals surface area contributed by atoms with Gasteiger partial charge in [-0.25, -0.2) is 0 Å². The van der Waals surface area contributed by atoms with Crippen LogP contribution in [-0.2, 0) is 6.61 Å². The predicted octanol–water partition coefficient (Wildman–Crippen LogP) is 5.95. The second kappa shape index (κ2) is 8.37. The summed E-state index contributed by atoms with van der Waals surface area (Å²) in [6.45, 7) is 2.52. The molecule has 1 aromatic heterocycles. The average Bonchev–Trinajstić information content (AvgIpc) is 3.23. The van der Waals surface area contributed by atoms with Gasteiger partial charge >= 0.3 is 0 Å². The number of hydrogen-bond donors (Lipinski definition) is 0. The maximum Gasteiger partial charge on any atom is 0.258 e. The largest absolute Gasteiger partial charge is 0.493 e. The third kappa shape index (κ3) is 4.41. The minimum Gasteiger partial charge on any atom is -0.493 e. The summed E-state index contributed by atoms with van der Waals surface area (Å²) in [5, 5.41) is 4.73. The SMILES string of the molecule is COc1cc(-c2noc(-c3ccc(Cl)cc3)n2)ccc1OCc1cccc(C)c1. The molecule has 0 aliphatic carbocycles. The van der Waals surface area contributed by atoms with Crippen molar-refractivity contribution in [3.05, 3.63) is 82.9 Å². The van der Waals surface area contributed by atoms with Crippen LogP contribution in [0.2, 0.25) is 5.02 Å². The number of rotatable bonds is 6. The standard InChI is InChI=1S/C23H19ClN2O3/c1-15-4-3-5-16(12-15)14-28-20-11-8-18(13-21(20)27-2)22-25-23(29-26-22)17-6-9-19(24)10-7-17/h3-13H,14H2,1-2H3. The Bertz CT molecular complexity index is 1120. The van der Waals surface area contributed by atoms with Crippen LogP contribution in [0.5, 0.6) is 11.5 Å². The maximum atomic E-state index is 5.94. The van der Waals surface area contributed by atoms with E-state index in [4.69, 9.17) is 25.6 Å². The smallest absolute Gasteiger partial charge is 0.258 e.